The molecule has 3 rings (SSSR count). The summed E-state index contributed by atoms with van der Waals surface area (Å²) in [5, 5.41) is 3.71. The standard InChI is InChI=1S/C20H22ClN3O2/c1-2-24-14-23(13-19(24)26)12-18(25)22-20(15-7-4-3-5-8-15)16-9-6-10-17(21)11-16/h3-11,20H,2,12-14H2,1H3,(H,22,25)/t20-/m0/s1. The van der Waals surface area contributed by atoms with Gasteiger partial charge in [0.25, 0.3) is 0 Å². The second kappa shape index (κ2) is 8.34. The Labute approximate surface area is 158 Å². The first-order valence-corrected chi connectivity index (χ1v) is 9.04. The Bertz CT molecular complexity index is 782. The normalized spacial score (nSPS) is 15.9. The van der Waals surface area contributed by atoms with Crippen LogP contribution in [0.4, 0.5) is 0 Å². The molecule has 136 valence electrons. The summed E-state index contributed by atoms with van der Waals surface area (Å²) in [7, 11) is 0. The van der Waals surface area contributed by atoms with E-state index in [1.54, 1.807) is 4.90 Å². The predicted octanol–water partition coefficient (Wildman–Crippen LogP) is 2.67. The molecule has 2 amide bonds. The Hall–Kier alpha value is -2.37. The van der Waals surface area contributed by atoms with E-state index in [4.69, 9.17) is 11.6 Å². The van der Waals surface area contributed by atoms with Crippen molar-refractivity contribution in [3.8, 4) is 0 Å². The Morgan fingerprint density at radius 2 is 1.88 bits per heavy atom. The van der Waals surface area contributed by atoms with Gasteiger partial charge < -0.3 is 10.2 Å². The molecule has 1 fully saturated rings. The number of halogens is 1. The van der Waals surface area contributed by atoms with Crippen molar-refractivity contribution in [3.05, 3.63) is 70.7 Å². The zero-order chi connectivity index (χ0) is 18.5. The Morgan fingerprint density at radius 1 is 1.15 bits per heavy atom. The maximum absolute atomic E-state index is 12.6. The molecule has 5 nitrogen and oxygen atoms in total. The third-order valence-corrected chi connectivity index (χ3v) is 4.69. The second-order valence-corrected chi connectivity index (χ2v) is 6.78. The first kappa shape index (κ1) is 18.4. The van der Waals surface area contributed by atoms with Crippen LogP contribution in [0.1, 0.15) is 24.1 Å². The highest BCUT2D eigenvalue weighted by atomic mass is 35.5. The molecule has 1 N–H and O–H groups in total. The van der Waals surface area contributed by atoms with Crippen molar-refractivity contribution in [1.29, 1.82) is 0 Å². The summed E-state index contributed by atoms with van der Waals surface area (Å²) in [5.41, 5.74) is 1.90. The zero-order valence-corrected chi connectivity index (χ0v) is 15.4. The van der Waals surface area contributed by atoms with Gasteiger partial charge >= 0.3 is 0 Å². The Morgan fingerprint density at radius 3 is 2.54 bits per heavy atom. The summed E-state index contributed by atoms with van der Waals surface area (Å²) in [6.45, 7) is 3.56. The predicted molar refractivity (Wildman–Crippen MR) is 102 cm³/mol. The minimum absolute atomic E-state index is 0.0646. The van der Waals surface area contributed by atoms with Crippen molar-refractivity contribution in [2.24, 2.45) is 0 Å². The molecule has 1 heterocycles. The molecule has 0 radical (unpaired) electrons. The largest absolute Gasteiger partial charge is 0.344 e. The fourth-order valence-corrected chi connectivity index (χ4v) is 3.34. The topological polar surface area (TPSA) is 52.6 Å². The smallest absolute Gasteiger partial charge is 0.237 e. The van der Waals surface area contributed by atoms with Gasteiger partial charge in [-0.15, -0.1) is 0 Å². The van der Waals surface area contributed by atoms with Crippen molar-refractivity contribution in [3.63, 3.8) is 0 Å². The van der Waals surface area contributed by atoms with Gasteiger partial charge in [-0.05, 0) is 30.2 Å². The SMILES string of the molecule is CCN1CN(CC(=O)N[C@@H](c2ccccc2)c2cccc(Cl)c2)CC1=O. The minimum atomic E-state index is -0.289. The van der Waals surface area contributed by atoms with Crippen LogP contribution in [0, 0.1) is 0 Å². The Balaban J connectivity index is 1.74. The lowest BCUT2D eigenvalue weighted by Crippen LogP contribution is -2.39. The number of hydrogen-bond acceptors (Lipinski definition) is 3. The quantitative estimate of drug-likeness (QED) is 0.849. The number of likely N-dealkylation sites (N-methyl/N-ethyl adjacent to an activating group) is 1. The molecule has 0 spiro atoms. The average Bonchev–Trinajstić information content (AvgIpc) is 2.99. The summed E-state index contributed by atoms with van der Waals surface area (Å²) in [5.74, 6) is -0.0562. The zero-order valence-electron chi connectivity index (χ0n) is 14.7. The van der Waals surface area contributed by atoms with Gasteiger partial charge in [0.2, 0.25) is 11.8 Å². The van der Waals surface area contributed by atoms with E-state index in [0.29, 0.717) is 18.2 Å². The van der Waals surface area contributed by atoms with Crippen LogP contribution >= 0.6 is 11.6 Å². The highest BCUT2D eigenvalue weighted by Crippen LogP contribution is 2.24. The van der Waals surface area contributed by atoms with Crippen molar-refractivity contribution in [1.82, 2.24) is 15.1 Å². The van der Waals surface area contributed by atoms with Crippen molar-refractivity contribution in [2.45, 2.75) is 13.0 Å². The second-order valence-electron chi connectivity index (χ2n) is 6.34. The summed E-state index contributed by atoms with van der Waals surface area (Å²) in [6.07, 6.45) is 0. The summed E-state index contributed by atoms with van der Waals surface area (Å²) < 4.78 is 0. The molecule has 0 aliphatic carbocycles. The number of amides is 2. The molecule has 0 bridgehead atoms. The molecule has 6 heteroatoms. The third-order valence-electron chi connectivity index (χ3n) is 4.45. The van der Waals surface area contributed by atoms with Gasteiger partial charge in [-0.1, -0.05) is 54.1 Å². The van der Waals surface area contributed by atoms with Crippen LogP contribution in [0.3, 0.4) is 0 Å². The molecule has 0 unspecified atom stereocenters. The highest BCUT2D eigenvalue weighted by Gasteiger charge is 2.28. The van der Waals surface area contributed by atoms with Crippen LogP contribution in [0.5, 0.6) is 0 Å². The van der Waals surface area contributed by atoms with Gasteiger partial charge in [-0.25, -0.2) is 0 Å². The van der Waals surface area contributed by atoms with Gasteiger partial charge in [0, 0.05) is 11.6 Å². The van der Waals surface area contributed by atoms with Crippen molar-refractivity contribution in [2.75, 3.05) is 26.3 Å². The number of rotatable bonds is 6. The number of nitrogens with zero attached hydrogens (tertiary/aromatic N) is 2. The lowest BCUT2D eigenvalue weighted by atomic mass is 9.98. The molecular formula is C20H22ClN3O2. The molecule has 26 heavy (non-hydrogen) atoms. The van der Waals surface area contributed by atoms with Crippen LogP contribution in [-0.2, 0) is 9.59 Å². The monoisotopic (exact) mass is 371 g/mol. The minimum Gasteiger partial charge on any atom is -0.344 e. The van der Waals surface area contributed by atoms with Gasteiger partial charge in [0.05, 0.1) is 25.8 Å². The molecule has 1 saturated heterocycles. The third kappa shape index (κ3) is 4.42. The van der Waals surface area contributed by atoms with E-state index in [-0.39, 0.29) is 30.9 Å². The number of carbonyl (C=O) groups excluding carboxylic acids is 2. The summed E-state index contributed by atoms with van der Waals surface area (Å²) in [4.78, 5) is 28.0. The van der Waals surface area contributed by atoms with Crippen LogP contribution in [0.2, 0.25) is 5.02 Å². The van der Waals surface area contributed by atoms with E-state index in [2.05, 4.69) is 5.32 Å². The van der Waals surface area contributed by atoms with Crippen LogP contribution in [-0.4, -0.2) is 47.9 Å². The molecule has 2 aromatic carbocycles. The van der Waals surface area contributed by atoms with Crippen LogP contribution < -0.4 is 5.32 Å². The fourth-order valence-electron chi connectivity index (χ4n) is 3.14. The number of nitrogens with one attached hydrogen (secondary N) is 1. The fraction of sp³-hybridized carbons (Fsp3) is 0.300. The van der Waals surface area contributed by atoms with Crippen molar-refractivity contribution >= 4 is 23.4 Å². The van der Waals surface area contributed by atoms with E-state index in [9.17, 15) is 9.59 Å². The molecule has 2 aromatic rings. The maximum Gasteiger partial charge on any atom is 0.237 e. The number of hydrogen-bond donors (Lipinski definition) is 1. The summed E-state index contributed by atoms with van der Waals surface area (Å²) in [6, 6.07) is 17.0. The van der Waals surface area contributed by atoms with E-state index in [1.165, 1.54) is 0 Å². The van der Waals surface area contributed by atoms with E-state index in [0.717, 1.165) is 11.1 Å². The molecule has 0 aromatic heterocycles. The van der Waals surface area contributed by atoms with Gasteiger partial charge in [-0.3, -0.25) is 14.5 Å². The Kier molecular flexibility index (Phi) is 5.91. The van der Waals surface area contributed by atoms with Gasteiger partial charge in [0.1, 0.15) is 0 Å². The highest BCUT2D eigenvalue weighted by molar-refractivity contribution is 6.30. The molecule has 1 aliphatic heterocycles. The molecular weight excluding hydrogens is 350 g/mol. The lowest BCUT2D eigenvalue weighted by molar-refractivity contribution is -0.126. The molecule has 1 atom stereocenters. The van der Waals surface area contributed by atoms with E-state index in [1.807, 2.05) is 66.4 Å². The molecule has 0 saturated carbocycles. The maximum atomic E-state index is 12.6. The first-order valence-electron chi connectivity index (χ1n) is 8.66. The van der Waals surface area contributed by atoms with E-state index < -0.39 is 0 Å². The molecule has 1 aliphatic rings. The number of benzene rings is 2. The van der Waals surface area contributed by atoms with Gasteiger partial charge in [0.15, 0.2) is 0 Å². The number of carbonyl (C=O) groups is 2. The summed E-state index contributed by atoms with van der Waals surface area (Å²) >= 11 is 6.13. The van der Waals surface area contributed by atoms with E-state index >= 15 is 0 Å². The van der Waals surface area contributed by atoms with Crippen LogP contribution in [0.15, 0.2) is 54.6 Å². The average molecular weight is 372 g/mol. The van der Waals surface area contributed by atoms with Gasteiger partial charge in [-0.2, -0.15) is 0 Å². The first-order chi connectivity index (χ1) is 12.6. The van der Waals surface area contributed by atoms with Crippen LogP contribution in [0.25, 0.3) is 0 Å². The van der Waals surface area contributed by atoms with Crippen molar-refractivity contribution < 1.29 is 9.59 Å². The lowest BCUT2D eigenvalue weighted by Gasteiger charge is -2.22.